The van der Waals surface area contributed by atoms with Crippen molar-refractivity contribution in [2.24, 2.45) is 4.99 Å². The average Bonchev–Trinajstić information content (AvgIpc) is 3.01. The van der Waals surface area contributed by atoms with E-state index in [1.807, 2.05) is 66.2 Å². The minimum Gasteiger partial charge on any atom is -0.290 e. The molecule has 0 saturated heterocycles. The summed E-state index contributed by atoms with van der Waals surface area (Å²) < 4.78 is 1.91. The van der Waals surface area contributed by atoms with Crippen LogP contribution in [0, 0.1) is 6.92 Å². The zero-order valence-corrected chi connectivity index (χ0v) is 12.3. The molecular weight excluding hydrogens is 282 g/mol. The van der Waals surface area contributed by atoms with Crippen LogP contribution >= 0.6 is 11.6 Å². The highest BCUT2D eigenvalue weighted by molar-refractivity contribution is 6.30. The predicted molar refractivity (Wildman–Crippen MR) is 86.5 cm³/mol. The number of benzene rings is 2. The SMILES string of the molecule is Cc1cc(Cl)ccc1N=C(c1ccccc1)n1ccnc1. The van der Waals surface area contributed by atoms with Gasteiger partial charge in [-0.05, 0) is 30.7 Å². The van der Waals surface area contributed by atoms with Gasteiger partial charge in [-0.1, -0.05) is 41.9 Å². The smallest absolute Gasteiger partial charge is 0.145 e. The number of aryl methyl sites for hydroxylation is 1. The molecule has 21 heavy (non-hydrogen) atoms. The first kappa shape index (κ1) is 13.6. The van der Waals surface area contributed by atoms with E-state index in [1.54, 1.807) is 12.5 Å². The summed E-state index contributed by atoms with van der Waals surface area (Å²) in [7, 11) is 0. The van der Waals surface area contributed by atoms with Gasteiger partial charge >= 0.3 is 0 Å². The maximum Gasteiger partial charge on any atom is 0.145 e. The molecular formula is C17H14ClN3. The van der Waals surface area contributed by atoms with E-state index in [2.05, 4.69) is 4.98 Å². The van der Waals surface area contributed by atoms with Crippen molar-refractivity contribution < 1.29 is 0 Å². The number of imidazole rings is 1. The van der Waals surface area contributed by atoms with Crippen LogP contribution in [0.25, 0.3) is 0 Å². The Kier molecular flexibility index (Phi) is 3.84. The normalized spacial score (nSPS) is 11.6. The van der Waals surface area contributed by atoms with Gasteiger partial charge in [0.1, 0.15) is 12.2 Å². The van der Waals surface area contributed by atoms with Crippen molar-refractivity contribution in [3.8, 4) is 0 Å². The summed E-state index contributed by atoms with van der Waals surface area (Å²) in [6, 6.07) is 15.7. The van der Waals surface area contributed by atoms with Crippen LogP contribution < -0.4 is 0 Å². The Bertz CT molecular complexity index is 762. The molecule has 0 fully saturated rings. The van der Waals surface area contributed by atoms with Crippen molar-refractivity contribution in [2.45, 2.75) is 6.92 Å². The summed E-state index contributed by atoms with van der Waals surface area (Å²) >= 11 is 6.01. The molecule has 0 atom stereocenters. The van der Waals surface area contributed by atoms with Gasteiger partial charge in [0.15, 0.2) is 0 Å². The summed E-state index contributed by atoms with van der Waals surface area (Å²) in [5.74, 6) is 0.832. The van der Waals surface area contributed by atoms with Gasteiger partial charge in [0.25, 0.3) is 0 Å². The van der Waals surface area contributed by atoms with Gasteiger partial charge in [0, 0.05) is 23.0 Å². The first-order chi connectivity index (χ1) is 10.2. The fourth-order valence-corrected chi connectivity index (χ4v) is 2.33. The molecule has 3 aromatic rings. The standard InChI is InChI=1S/C17H14ClN3/c1-13-11-15(18)7-8-16(13)20-17(21-10-9-19-12-21)14-5-3-2-4-6-14/h2-12H,1H3. The fourth-order valence-electron chi connectivity index (χ4n) is 2.10. The number of aliphatic imine (C=N–C) groups is 1. The molecule has 2 aromatic carbocycles. The second-order valence-corrected chi connectivity index (χ2v) is 5.14. The highest BCUT2D eigenvalue weighted by Gasteiger charge is 2.07. The van der Waals surface area contributed by atoms with Crippen LogP contribution in [0.3, 0.4) is 0 Å². The Morgan fingerprint density at radius 3 is 2.62 bits per heavy atom. The molecule has 104 valence electrons. The van der Waals surface area contributed by atoms with Crippen LogP contribution in [0.2, 0.25) is 5.02 Å². The maximum atomic E-state index is 6.01. The summed E-state index contributed by atoms with van der Waals surface area (Å²) in [5, 5.41) is 0.718. The van der Waals surface area contributed by atoms with E-state index in [0.717, 1.165) is 27.7 Å². The summed E-state index contributed by atoms with van der Waals surface area (Å²) in [6.07, 6.45) is 5.38. The number of halogens is 1. The molecule has 0 radical (unpaired) electrons. The van der Waals surface area contributed by atoms with Crippen molar-refractivity contribution >= 4 is 23.1 Å². The molecule has 0 saturated carbocycles. The second kappa shape index (κ2) is 5.94. The van der Waals surface area contributed by atoms with Gasteiger partial charge in [-0.15, -0.1) is 0 Å². The monoisotopic (exact) mass is 295 g/mol. The number of aromatic nitrogens is 2. The molecule has 0 aliphatic heterocycles. The Balaban J connectivity index is 2.14. The molecule has 0 aliphatic carbocycles. The third kappa shape index (κ3) is 3.03. The molecule has 0 aliphatic rings. The van der Waals surface area contributed by atoms with E-state index in [1.165, 1.54) is 0 Å². The van der Waals surface area contributed by atoms with Crippen molar-refractivity contribution in [2.75, 3.05) is 0 Å². The first-order valence-electron chi connectivity index (χ1n) is 6.62. The molecule has 0 unspecified atom stereocenters. The van der Waals surface area contributed by atoms with Crippen LogP contribution in [0.4, 0.5) is 5.69 Å². The van der Waals surface area contributed by atoms with E-state index in [4.69, 9.17) is 16.6 Å². The minimum absolute atomic E-state index is 0.718. The van der Waals surface area contributed by atoms with Gasteiger partial charge in [0.2, 0.25) is 0 Å². The highest BCUT2D eigenvalue weighted by Crippen LogP contribution is 2.23. The van der Waals surface area contributed by atoms with Crippen LogP contribution in [0.1, 0.15) is 11.1 Å². The highest BCUT2D eigenvalue weighted by atomic mass is 35.5. The first-order valence-corrected chi connectivity index (χ1v) is 7.00. The number of hydrogen-bond acceptors (Lipinski definition) is 2. The van der Waals surface area contributed by atoms with E-state index in [-0.39, 0.29) is 0 Å². The maximum absolute atomic E-state index is 6.01. The van der Waals surface area contributed by atoms with E-state index in [9.17, 15) is 0 Å². The Morgan fingerprint density at radius 2 is 1.95 bits per heavy atom. The van der Waals surface area contributed by atoms with Crippen LogP contribution in [0.15, 0.2) is 72.2 Å². The molecule has 1 heterocycles. The van der Waals surface area contributed by atoms with Gasteiger partial charge in [-0.2, -0.15) is 0 Å². The quantitative estimate of drug-likeness (QED) is 0.507. The zero-order valence-electron chi connectivity index (χ0n) is 11.6. The Morgan fingerprint density at radius 1 is 1.14 bits per heavy atom. The van der Waals surface area contributed by atoms with Crippen molar-refractivity contribution in [1.82, 2.24) is 9.55 Å². The van der Waals surface area contributed by atoms with Gasteiger partial charge in [-0.3, -0.25) is 4.57 Å². The molecule has 0 bridgehead atoms. The number of nitrogens with zero attached hydrogens (tertiary/aromatic N) is 3. The summed E-state index contributed by atoms with van der Waals surface area (Å²) in [5.41, 5.74) is 2.97. The molecule has 0 amide bonds. The average molecular weight is 296 g/mol. The second-order valence-electron chi connectivity index (χ2n) is 4.70. The lowest BCUT2D eigenvalue weighted by molar-refractivity contribution is 1.12. The molecule has 4 heteroatoms. The molecule has 1 aromatic heterocycles. The zero-order chi connectivity index (χ0) is 14.7. The molecule has 0 spiro atoms. The molecule has 3 nitrogen and oxygen atoms in total. The number of hydrogen-bond donors (Lipinski definition) is 0. The molecule has 0 N–H and O–H groups in total. The lowest BCUT2D eigenvalue weighted by Gasteiger charge is -2.09. The summed E-state index contributed by atoms with van der Waals surface area (Å²) in [4.78, 5) is 8.90. The van der Waals surface area contributed by atoms with Crippen molar-refractivity contribution in [3.63, 3.8) is 0 Å². The van der Waals surface area contributed by atoms with E-state index in [0.29, 0.717) is 0 Å². The fraction of sp³-hybridized carbons (Fsp3) is 0.0588. The van der Waals surface area contributed by atoms with Gasteiger partial charge in [-0.25, -0.2) is 9.98 Å². The van der Waals surface area contributed by atoms with Crippen LogP contribution in [0.5, 0.6) is 0 Å². The lowest BCUT2D eigenvalue weighted by Crippen LogP contribution is -2.11. The van der Waals surface area contributed by atoms with Gasteiger partial charge in [0.05, 0.1) is 5.69 Å². The topological polar surface area (TPSA) is 30.2 Å². The summed E-state index contributed by atoms with van der Waals surface area (Å²) in [6.45, 7) is 2.00. The van der Waals surface area contributed by atoms with Crippen molar-refractivity contribution in [1.29, 1.82) is 0 Å². The Hall–Kier alpha value is -2.39. The van der Waals surface area contributed by atoms with E-state index < -0.39 is 0 Å². The third-order valence-electron chi connectivity index (χ3n) is 3.17. The largest absolute Gasteiger partial charge is 0.290 e. The minimum atomic E-state index is 0.718. The number of rotatable bonds is 2. The third-order valence-corrected chi connectivity index (χ3v) is 3.40. The van der Waals surface area contributed by atoms with Crippen LogP contribution in [-0.4, -0.2) is 15.4 Å². The van der Waals surface area contributed by atoms with Crippen LogP contribution in [-0.2, 0) is 0 Å². The van der Waals surface area contributed by atoms with Crippen molar-refractivity contribution in [3.05, 3.63) is 83.4 Å². The molecule has 3 rings (SSSR count). The Labute approximate surface area is 128 Å². The predicted octanol–water partition coefficient (Wildman–Crippen LogP) is 4.47. The van der Waals surface area contributed by atoms with Gasteiger partial charge < -0.3 is 0 Å². The van der Waals surface area contributed by atoms with E-state index >= 15 is 0 Å². The lowest BCUT2D eigenvalue weighted by atomic mass is 10.2.